The van der Waals surface area contributed by atoms with E-state index in [0.29, 0.717) is 36.0 Å². The molecule has 0 saturated heterocycles. The van der Waals surface area contributed by atoms with Gasteiger partial charge in [-0.3, -0.25) is 9.59 Å². The van der Waals surface area contributed by atoms with Gasteiger partial charge in [-0.25, -0.2) is 13.1 Å². The van der Waals surface area contributed by atoms with Gasteiger partial charge in [-0.2, -0.15) is 0 Å². The molecule has 0 aliphatic rings. The molecule has 0 atom stereocenters. The van der Waals surface area contributed by atoms with Gasteiger partial charge in [0.25, 0.3) is 15.9 Å². The first kappa shape index (κ1) is 21.2. The Labute approximate surface area is 163 Å². The molecule has 9 heteroatoms. The van der Waals surface area contributed by atoms with Crippen molar-refractivity contribution in [2.45, 2.75) is 25.7 Å². The minimum atomic E-state index is -3.92. The van der Waals surface area contributed by atoms with Gasteiger partial charge in [0.1, 0.15) is 0 Å². The van der Waals surface area contributed by atoms with E-state index in [1.165, 1.54) is 24.3 Å². The van der Waals surface area contributed by atoms with Crippen LogP contribution >= 0.6 is 0 Å². The van der Waals surface area contributed by atoms with E-state index in [0.717, 1.165) is 6.92 Å². The zero-order chi connectivity index (χ0) is 20.7. The van der Waals surface area contributed by atoms with Gasteiger partial charge in [0.2, 0.25) is 5.91 Å². The summed E-state index contributed by atoms with van der Waals surface area (Å²) in [5.74, 6) is -0.0540. The van der Waals surface area contributed by atoms with Gasteiger partial charge in [-0.1, -0.05) is 0 Å². The highest BCUT2D eigenvalue weighted by Crippen LogP contribution is 2.29. The van der Waals surface area contributed by atoms with Crippen molar-refractivity contribution in [3.05, 3.63) is 48.0 Å². The fourth-order valence-corrected chi connectivity index (χ4v) is 3.35. The van der Waals surface area contributed by atoms with Crippen molar-refractivity contribution in [3.8, 4) is 11.5 Å². The van der Waals surface area contributed by atoms with Crippen LogP contribution in [0.1, 0.15) is 31.1 Å². The van der Waals surface area contributed by atoms with E-state index in [1.54, 1.807) is 18.2 Å². The Kier molecular flexibility index (Phi) is 7.00. The van der Waals surface area contributed by atoms with Crippen LogP contribution in [0.15, 0.2) is 47.4 Å². The molecule has 0 heterocycles. The van der Waals surface area contributed by atoms with Crippen molar-refractivity contribution in [2.24, 2.45) is 0 Å². The van der Waals surface area contributed by atoms with Crippen LogP contribution in [-0.2, 0) is 14.8 Å². The highest BCUT2D eigenvalue weighted by molar-refractivity contribution is 7.90. The van der Waals surface area contributed by atoms with Gasteiger partial charge < -0.3 is 14.8 Å². The van der Waals surface area contributed by atoms with Crippen molar-refractivity contribution in [2.75, 3.05) is 18.5 Å². The van der Waals surface area contributed by atoms with Crippen LogP contribution in [0.2, 0.25) is 0 Å². The third kappa shape index (κ3) is 5.46. The monoisotopic (exact) mass is 406 g/mol. The molecule has 8 nitrogen and oxygen atoms in total. The first-order valence-electron chi connectivity index (χ1n) is 8.61. The van der Waals surface area contributed by atoms with Gasteiger partial charge >= 0.3 is 0 Å². The minimum absolute atomic E-state index is 0.0830. The molecule has 2 rings (SSSR count). The molecule has 0 unspecified atom stereocenters. The third-order valence-electron chi connectivity index (χ3n) is 3.51. The number of rotatable bonds is 8. The number of benzene rings is 2. The number of hydrogen-bond acceptors (Lipinski definition) is 6. The average molecular weight is 406 g/mol. The lowest BCUT2D eigenvalue weighted by Crippen LogP contribution is -2.28. The topological polar surface area (TPSA) is 111 Å². The van der Waals surface area contributed by atoms with Crippen LogP contribution in [0.5, 0.6) is 11.5 Å². The number of ether oxygens (including phenoxy) is 2. The smallest absolute Gasteiger partial charge is 0.264 e. The summed E-state index contributed by atoms with van der Waals surface area (Å²) in [5.41, 5.74) is 0.764. The van der Waals surface area contributed by atoms with E-state index in [2.05, 4.69) is 5.32 Å². The molecule has 0 bridgehead atoms. The summed E-state index contributed by atoms with van der Waals surface area (Å²) in [6, 6.07) is 10.3. The molecular weight excluding hydrogens is 384 g/mol. The summed E-state index contributed by atoms with van der Waals surface area (Å²) in [6.07, 6.45) is 0. The lowest BCUT2D eigenvalue weighted by Gasteiger charge is -2.12. The molecular formula is C19H22N2O6S. The molecule has 0 aliphatic heterocycles. The molecule has 2 N–H and O–H groups in total. The van der Waals surface area contributed by atoms with Crippen LogP contribution in [0, 0.1) is 0 Å². The van der Waals surface area contributed by atoms with Crippen molar-refractivity contribution in [1.29, 1.82) is 0 Å². The molecule has 28 heavy (non-hydrogen) atoms. The first-order chi connectivity index (χ1) is 13.3. The minimum Gasteiger partial charge on any atom is -0.490 e. The van der Waals surface area contributed by atoms with Crippen LogP contribution in [0.3, 0.4) is 0 Å². The number of amides is 2. The van der Waals surface area contributed by atoms with Crippen LogP contribution in [0.25, 0.3) is 0 Å². The fraction of sp³-hybridized carbons (Fsp3) is 0.263. The normalized spacial score (nSPS) is 10.8. The fourth-order valence-electron chi connectivity index (χ4n) is 2.36. The van der Waals surface area contributed by atoms with Crippen molar-refractivity contribution in [3.63, 3.8) is 0 Å². The SMILES string of the molecule is CCOc1ccc(C(=O)Nc2ccc(S(=O)(=O)NC(C)=O)cc2)cc1OCC. The van der Waals surface area contributed by atoms with Crippen LogP contribution in [-0.4, -0.2) is 33.4 Å². The number of hydrogen-bond donors (Lipinski definition) is 2. The van der Waals surface area contributed by atoms with Crippen molar-refractivity contribution in [1.82, 2.24) is 4.72 Å². The summed E-state index contributed by atoms with van der Waals surface area (Å²) in [4.78, 5) is 23.4. The Balaban J connectivity index is 2.16. The second-order valence-corrected chi connectivity index (χ2v) is 7.35. The second kappa shape index (κ2) is 9.23. The zero-order valence-electron chi connectivity index (χ0n) is 15.8. The maximum Gasteiger partial charge on any atom is 0.264 e. The van der Waals surface area contributed by atoms with E-state index in [9.17, 15) is 18.0 Å². The van der Waals surface area contributed by atoms with Crippen LogP contribution < -0.4 is 19.5 Å². The average Bonchev–Trinajstić information content (AvgIpc) is 2.63. The molecule has 0 aromatic heterocycles. The van der Waals surface area contributed by atoms with Gasteiger partial charge in [0, 0.05) is 18.2 Å². The van der Waals surface area contributed by atoms with Crippen molar-refractivity contribution < 1.29 is 27.5 Å². The lowest BCUT2D eigenvalue weighted by molar-refractivity contribution is -0.117. The summed E-state index contributed by atoms with van der Waals surface area (Å²) in [7, 11) is -3.92. The Hall–Kier alpha value is -3.07. The molecule has 2 amide bonds. The Bertz CT molecular complexity index is 955. The number of sulfonamides is 1. The van der Waals surface area contributed by atoms with E-state index in [4.69, 9.17) is 9.47 Å². The van der Waals surface area contributed by atoms with Gasteiger partial charge in [0.05, 0.1) is 18.1 Å². The molecule has 0 fully saturated rings. The third-order valence-corrected chi connectivity index (χ3v) is 4.96. The van der Waals surface area contributed by atoms with E-state index < -0.39 is 15.9 Å². The largest absolute Gasteiger partial charge is 0.490 e. The predicted octanol–water partition coefficient (Wildman–Crippen LogP) is 2.56. The molecule has 0 saturated carbocycles. The molecule has 150 valence electrons. The van der Waals surface area contributed by atoms with Gasteiger partial charge in [0.15, 0.2) is 11.5 Å². The molecule has 0 spiro atoms. The maximum absolute atomic E-state index is 12.5. The molecule has 2 aromatic carbocycles. The quantitative estimate of drug-likeness (QED) is 0.697. The lowest BCUT2D eigenvalue weighted by atomic mass is 10.2. The summed E-state index contributed by atoms with van der Waals surface area (Å²) in [6.45, 7) is 5.69. The standard InChI is InChI=1S/C19H22N2O6S/c1-4-26-17-11-6-14(12-18(17)27-5-2)19(23)20-15-7-9-16(10-8-15)28(24,25)21-13(3)22/h6-12H,4-5H2,1-3H3,(H,20,23)(H,21,22). The summed E-state index contributed by atoms with van der Waals surface area (Å²) in [5, 5.41) is 2.68. The Morgan fingerprint density at radius 2 is 1.54 bits per heavy atom. The molecule has 0 aliphatic carbocycles. The summed E-state index contributed by atoms with van der Waals surface area (Å²) >= 11 is 0. The number of carbonyl (C=O) groups excluding carboxylic acids is 2. The van der Waals surface area contributed by atoms with E-state index in [-0.39, 0.29) is 10.8 Å². The Morgan fingerprint density at radius 3 is 2.11 bits per heavy atom. The molecule has 2 aromatic rings. The summed E-state index contributed by atoms with van der Waals surface area (Å²) < 4.78 is 36.7. The van der Waals surface area contributed by atoms with E-state index in [1.807, 2.05) is 18.6 Å². The number of carbonyl (C=O) groups is 2. The highest BCUT2D eigenvalue weighted by atomic mass is 32.2. The Morgan fingerprint density at radius 1 is 0.929 bits per heavy atom. The highest BCUT2D eigenvalue weighted by Gasteiger charge is 2.16. The number of anilines is 1. The predicted molar refractivity (Wildman–Crippen MR) is 104 cm³/mol. The molecule has 0 radical (unpaired) electrons. The van der Waals surface area contributed by atoms with E-state index >= 15 is 0 Å². The maximum atomic E-state index is 12.5. The van der Waals surface area contributed by atoms with Crippen molar-refractivity contribution >= 4 is 27.5 Å². The van der Waals surface area contributed by atoms with Gasteiger partial charge in [-0.15, -0.1) is 0 Å². The first-order valence-corrected chi connectivity index (χ1v) is 10.1. The number of nitrogens with one attached hydrogen (secondary N) is 2. The van der Waals surface area contributed by atoms with Crippen LogP contribution in [0.4, 0.5) is 5.69 Å². The zero-order valence-corrected chi connectivity index (χ0v) is 16.6. The second-order valence-electron chi connectivity index (χ2n) is 5.67. The van der Waals surface area contributed by atoms with Gasteiger partial charge in [-0.05, 0) is 56.3 Å².